The molecule has 0 aliphatic heterocycles. The number of sulfonamides is 1. The minimum Gasteiger partial charge on any atom is -0.340 e. The van der Waals surface area contributed by atoms with Crippen LogP contribution in [0.25, 0.3) is 11.2 Å². The zero-order valence-corrected chi connectivity index (χ0v) is 17.5. The van der Waals surface area contributed by atoms with Crippen molar-refractivity contribution in [1.29, 1.82) is 0 Å². The zero-order valence-electron chi connectivity index (χ0n) is 15.2. The number of aryl methyl sites for hydroxylation is 1. The van der Waals surface area contributed by atoms with Crippen molar-refractivity contribution < 1.29 is 8.42 Å². The molecular weight excluding hydrogens is 433 g/mol. The molecule has 0 bridgehead atoms. The maximum Gasteiger partial charge on any atom is 0.284 e. The number of halogens is 2. The van der Waals surface area contributed by atoms with Crippen molar-refractivity contribution in [2.24, 2.45) is 4.40 Å². The second-order valence-electron chi connectivity index (χ2n) is 6.38. The number of fused-ring (bicyclic) bond motifs is 1. The number of nitrogens with zero attached hydrogens (tertiary/aromatic N) is 4. The predicted molar refractivity (Wildman–Crippen MR) is 111 cm³/mol. The summed E-state index contributed by atoms with van der Waals surface area (Å²) < 4.78 is 30.9. The average Bonchev–Trinajstić information content (AvgIpc) is 3.17. The van der Waals surface area contributed by atoms with Gasteiger partial charge in [0.25, 0.3) is 10.0 Å². The van der Waals surface area contributed by atoms with Gasteiger partial charge in [-0.25, -0.2) is 9.97 Å². The number of benzene rings is 2. The van der Waals surface area contributed by atoms with Crippen LogP contribution in [0.5, 0.6) is 0 Å². The Morgan fingerprint density at radius 2 is 1.76 bits per heavy atom. The van der Waals surface area contributed by atoms with Gasteiger partial charge in [-0.3, -0.25) is 0 Å². The number of H-pyrrole nitrogens is 1. The van der Waals surface area contributed by atoms with Gasteiger partial charge in [0.1, 0.15) is 5.52 Å². The minimum atomic E-state index is -3.92. The van der Waals surface area contributed by atoms with E-state index in [4.69, 9.17) is 23.2 Å². The highest BCUT2D eigenvalue weighted by atomic mass is 35.5. The van der Waals surface area contributed by atoms with Crippen LogP contribution >= 0.6 is 23.2 Å². The van der Waals surface area contributed by atoms with Crippen LogP contribution in [-0.2, 0) is 16.6 Å². The first-order chi connectivity index (χ1) is 13.8. The number of rotatable bonds is 4. The van der Waals surface area contributed by atoms with Gasteiger partial charge in [0.2, 0.25) is 0 Å². The monoisotopic (exact) mass is 447 g/mol. The summed E-state index contributed by atoms with van der Waals surface area (Å²) >= 11 is 12.5. The topological polar surface area (TPSA) is 93.0 Å². The van der Waals surface area contributed by atoms with E-state index in [-0.39, 0.29) is 10.4 Å². The molecule has 2 aromatic carbocycles. The van der Waals surface area contributed by atoms with Crippen LogP contribution in [0.15, 0.2) is 64.4 Å². The molecule has 0 spiro atoms. The summed E-state index contributed by atoms with van der Waals surface area (Å²) in [5.74, 6) is 0. The molecule has 0 aliphatic carbocycles. The molecule has 4 aromatic rings. The van der Waals surface area contributed by atoms with Gasteiger partial charge in [0.15, 0.2) is 11.1 Å². The van der Waals surface area contributed by atoms with E-state index in [9.17, 15) is 8.42 Å². The van der Waals surface area contributed by atoms with E-state index in [1.807, 2.05) is 6.92 Å². The maximum atomic E-state index is 12.7. The SMILES string of the molecule is Cc1ccc(S(=O)(=O)/N=c2/ncn(Cc3c(Cl)cccc3Cl)c3nc[nH]c23)cc1. The molecule has 0 amide bonds. The summed E-state index contributed by atoms with van der Waals surface area (Å²) in [4.78, 5) is 11.5. The Hall–Kier alpha value is -2.68. The van der Waals surface area contributed by atoms with Crippen molar-refractivity contribution in [3.05, 3.63) is 81.8 Å². The summed E-state index contributed by atoms with van der Waals surface area (Å²) in [7, 11) is -3.92. The van der Waals surface area contributed by atoms with Crippen LogP contribution in [0.1, 0.15) is 11.1 Å². The summed E-state index contributed by atoms with van der Waals surface area (Å²) in [6.07, 6.45) is 2.92. The van der Waals surface area contributed by atoms with Crippen LogP contribution in [0.4, 0.5) is 0 Å². The first-order valence-electron chi connectivity index (χ1n) is 8.54. The highest BCUT2D eigenvalue weighted by Gasteiger charge is 2.15. The molecule has 0 radical (unpaired) electrons. The Labute approximate surface area is 176 Å². The van der Waals surface area contributed by atoms with Crippen molar-refractivity contribution >= 4 is 44.4 Å². The van der Waals surface area contributed by atoms with E-state index in [1.54, 1.807) is 34.9 Å². The third-order valence-corrected chi connectivity index (χ3v) is 6.34. The van der Waals surface area contributed by atoms with E-state index >= 15 is 0 Å². The number of hydrogen-bond donors (Lipinski definition) is 1. The van der Waals surface area contributed by atoms with Crippen molar-refractivity contribution in [1.82, 2.24) is 19.5 Å². The fraction of sp³-hybridized carbons (Fsp3) is 0.105. The molecule has 0 fully saturated rings. The second kappa shape index (κ2) is 7.62. The highest BCUT2D eigenvalue weighted by molar-refractivity contribution is 7.90. The number of hydrogen-bond acceptors (Lipinski definition) is 4. The normalized spacial score (nSPS) is 12.6. The lowest BCUT2D eigenvalue weighted by molar-refractivity contribution is 0.596. The first-order valence-corrected chi connectivity index (χ1v) is 10.7. The Morgan fingerprint density at radius 1 is 1.07 bits per heavy atom. The Bertz CT molecular complexity index is 1360. The molecule has 0 atom stereocenters. The molecule has 4 rings (SSSR count). The summed E-state index contributed by atoms with van der Waals surface area (Å²) in [5, 5.41) is 1.04. The largest absolute Gasteiger partial charge is 0.340 e. The van der Waals surface area contributed by atoms with E-state index < -0.39 is 10.0 Å². The van der Waals surface area contributed by atoms with Gasteiger partial charge < -0.3 is 9.55 Å². The lowest BCUT2D eigenvalue weighted by Gasteiger charge is -2.10. The van der Waals surface area contributed by atoms with Crippen LogP contribution in [0, 0.1) is 6.92 Å². The Kier molecular flexibility index (Phi) is 5.16. The zero-order chi connectivity index (χ0) is 20.6. The minimum absolute atomic E-state index is 0.0274. The molecule has 0 aliphatic rings. The molecule has 0 saturated heterocycles. The molecule has 0 unspecified atom stereocenters. The summed E-state index contributed by atoms with van der Waals surface area (Å²) in [5.41, 5.74) is 2.57. The van der Waals surface area contributed by atoms with Crippen molar-refractivity contribution in [2.75, 3.05) is 0 Å². The third kappa shape index (κ3) is 3.91. The fourth-order valence-electron chi connectivity index (χ4n) is 2.83. The molecule has 148 valence electrons. The predicted octanol–water partition coefficient (Wildman–Crippen LogP) is 3.71. The molecule has 0 saturated carbocycles. The van der Waals surface area contributed by atoms with Gasteiger partial charge in [-0.1, -0.05) is 47.0 Å². The van der Waals surface area contributed by atoms with Gasteiger partial charge in [-0.2, -0.15) is 8.42 Å². The number of aromatic amines is 1. The Morgan fingerprint density at radius 3 is 2.45 bits per heavy atom. The van der Waals surface area contributed by atoms with Crippen LogP contribution in [0.2, 0.25) is 10.0 Å². The van der Waals surface area contributed by atoms with Gasteiger partial charge in [0.05, 0.1) is 24.1 Å². The standard InChI is InChI=1S/C19H15Cl2N5O2S/c1-12-5-7-13(8-6-12)29(27,28)25-18-17-19(23-10-22-17)26(11-24-18)9-14-15(20)3-2-4-16(14)21/h2-8,10-11H,9H2,1H3,(H,22,23)/b25-18+. The quantitative estimate of drug-likeness (QED) is 0.515. The average molecular weight is 448 g/mol. The van der Waals surface area contributed by atoms with Crippen LogP contribution in [0.3, 0.4) is 0 Å². The number of nitrogens with one attached hydrogen (secondary N) is 1. The van der Waals surface area contributed by atoms with E-state index in [1.165, 1.54) is 24.8 Å². The molecular formula is C19H15Cl2N5O2S. The molecule has 29 heavy (non-hydrogen) atoms. The van der Waals surface area contributed by atoms with Crippen LogP contribution < -0.4 is 5.49 Å². The number of imidazole rings is 1. The molecule has 7 nitrogen and oxygen atoms in total. The first kappa shape index (κ1) is 19.6. The lowest BCUT2D eigenvalue weighted by atomic mass is 10.2. The van der Waals surface area contributed by atoms with Crippen molar-refractivity contribution in [2.45, 2.75) is 18.4 Å². The maximum absolute atomic E-state index is 12.7. The van der Waals surface area contributed by atoms with Gasteiger partial charge in [-0.15, -0.1) is 4.40 Å². The smallest absolute Gasteiger partial charge is 0.284 e. The third-order valence-electron chi connectivity index (χ3n) is 4.35. The highest BCUT2D eigenvalue weighted by Crippen LogP contribution is 2.25. The number of aromatic nitrogens is 4. The summed E-state index contributed by atoms with van der Waals surface area (Å²) in [6, 6.07) is 11.7. The van der Waals surface area contributed by atoms with Gasteiger partial charge in [-0.05, 0) is 31.2 Å². The van der Waals surface area contributed by atoms with Crippen molar-refractivity contribution in [3.63, 3.8) is 0 Å². The van der Waals surface area contributed by atoms with E-state index in [0.29, 0.717) is 33.3 Å². The van der Waals surface area contributed by atoms with E-state index in [0.717, 1.165) is 5.56 Å². The van der Waals surface area contributed by atoms with E-state index in [2.05, 4.69) is 19.3 Å². The molecule has 2 heterocycles. The van der Waals surface area contributed by atoms with Gasteiger partial charge >= 0.3 is 0 Å². The van der Waals surface area contributed by atoms with Crippen LogP contribution in [-0.4, -0.2) is 27.9 Å². The van der Waals surface area contributed by atoms with Crippen molar-refractivity contribution in [3.8, 4) is 0 Å². The Balaban J connectivity index is 1.81. The molecule has 2 aromatic heterocycles. The van der Waals surface area contributed by atoms with Gasteiger partial charge in [0, 0.05) is 15.6 Å². The second-order valence-corrected chi connectivity index (χ2v) is 8.80. The molecule has 10 heteroatoms. The molecule has 1 N–H and O–H groups in total. The summed E-state index contributed by atoms with van der Waals surface area (Å²) in [6.45, 7) is 2.20. The fourth-order valence-corrected chi connectivity index (χ4v) is 4.30. The lowest BCUT2D eigenvalue weighted by Crippen LogP contribution is -2.17.